The molecular formula is C29H21Cl3N4O8. The van der Waals surface area contributed by atoms with E-state index in [1.807, 2.05) is 0 Å². The standard InChI is InChI=1S/C29H21Cl3N4O8/c30-18-7-1-15(2-8-18)25(37)41-13-21-22(43-26(38)16-3-9-19(31)10-4-16)23(44-27(39)17-5-11-20(32)12-6-17)24(42-21)36-14-34-28(33)35-29(36)40/h1-12,14,21-24H,13H2,(H2,33,35,40)/t21-,22-,23+,24-/m1/s1. The fraction of sp³-hybridized carbons (Fsp3) is 0.172. The lowest BCUT2D eigenvalue weighted by atomic mass is 10.1. The quantitative estimate of drug-likeness (QED) is 0.211. The fourth-order valence-electron chi connectivity index (χ4n) is 4.25. The molecule has 0 spiro atoms. The van der Waals surface area contributed by atoms with E-state index in [4.69, 9.17) is 59.5 Å². The number of nitrogens with zero attached hydrogens (tertiary/aromatic N) is 3. The molecule has 44 heavy (non-hydrogen) atoms. The summed E-state index contributed by atoms with van der Waals surface area (Å²) < 4.78 is 24.0. The van der Waals surface area contributed by atoms with Crippen LogP contribution in [0.25, 0.3) is 0 Å². The normalized spacial score (nSPS) is 19.2. The number of carbonyl (C=O) groups excluding carboxylic acids is 3. The number of benzene rings is 3. The summed E-state index contributed by atoms with van der Waals surface area (Å²) in [4.78, 5) is 59.5. The lowest BCUT2D eigenvalue weighted by Gasteiger charge is -2.25. The molecule has 15 heteroatoms. The predicted molar refractivity (Wildman–Crippen MR) is 158 cm³/mol. The maximum absolute atomic E-state index is 13.2. The van der Waals surface area contributed by atoms with E-state index in [0.29, 0.717) is 15.1 Å². The van der Waals surface area contributed by atoms with Crippen molar-refractivity contribution >= 4 is 58.7 Å². The Hall–Kier alpha value is -4.49. The Bertz CT molecular complexity index is 1730. The molecular weight excluding hydrogens is 639 g/mol. The first-order chi connectivity index (χ1) is 21.1. The minimum absolute atomic E-state index is 0.106. The number of hydrogen-bond acceptors (Lipinski definition) is 11. The first kappa shape index (κ1) is 31.0. The number of carbonyl (C=O) groups is 3. The van der Waals surface area contributed by atoms with Crippen molar-refractivity contribution < 1.29 is 33.3 Å². The number of ether oxygens (including phenoxy) is 4. The number of anilines is 1. The van der Waals surface area contributed by atoms with Crippen molar-refractivity contribution in [1.29, 1.82) is 0 Å². The summed E-state index contributed by atoms with van der Waals surface area (Å²) in [6.45, 7) is -0.476. The van der Waals surface area contributed by atoms with E-state index in [9.17, 15) is 19.2 Å². The van der Waals surface area contributed by atoms with Gasteiger partial charge in [0.25, 0.3) is 0 Å². The number of hydrogen-bond donors (Lipinski definition) is 1. The van der Waals surface area contributed by atoms with Crippen molar-refractivity contribution in [2.24, 2.45) is 0 Å². The summed E-state index contributed by atoms with van der Waals surface area (Å²) in [6.07, 6.45) is -4.49. The molecule has 2 N–H and O–H groups in total. The summed E-state index contributed by atoms with van der Waals surface area (Å²) in [5.41, 5.74) is 5.07. The Morgan fingerprint density at radius 2 is 1.20 bits per heavy atom. The topological polar surface area (TPSA) is 162 Å². The molecule has 0 radical (unpaired) electrons. The molecule has 5 rings (SSSR count). The molecule has 1 fully saturated rings. The smallest absolute Gasteiger partial charge is 0.354 e. The van der Waals surface area contributed by atoms with Gasteiger partial charge >= 0.3 is 23.6 Å². The van der Waals surface area contributed by atoms with Gasteiger partial charge in [-0.2, -0.15) is 4.98 Å². The highest BCUT2D eigenvalue weighted by Gasteiger charge is 2.52. The summed E-state index contributed by atoms with van der Waals surface area (Å²) >= 11 is 17.8. The maximum Gasteiger partial charge on any atom is 0.354 e. The van der Waals surface area contributed by atoms with Crippen molar-refractivity contribution in [3.63, 3.8) is 0 Å². The third-order valence-corrected chi connectivity index (χ3v) is 7.17. The fourth-order valence-corrected chi connectivity index (χ4v) is 4.62. The average molecular weight is 660 g/mol. The zero-order valence-corrected chi connectivity index (χ0v) is 24.6. The molecule has 1 saturated heterocycles. The van der Waals surface area contributed by atoms with E-state index in [1.54, 1.807) is 0 Å². The van der Waals surface area contributed by atoms with Gasteiger partial charge in [0, 0.05) is 15.1 Å². The van der Waals surface area contributed by atoms with Gasteiger partial charge in [-0.15, -0.1) is 0 Å². The molecule has 2 heterocycles. The number of aromatic nitrogens is 3. The zero-order chi connectivity index (χ0) is 31.4. The minimum Gasteiger partial charge on any atom is -0.459 e. The van der Waals surface area contributed by atoms with E-state index >= 15 is 0 Å². The molecule has 0 bridgehead atoms. The van der Waals surface area contributed by atoms with E-state index < -0.39 is 54.7 Å². The first-order valence-electron chi connectivity index (χ1n) is 12.8. The van der Waals surface area contributed by atoms with Crippen LogP contribution in [0.1, 0.15) is 37.3 Å². The highest BCUT2D eigenvalue weighted by atomic mass is 35.5. The third kappa shape index (κ3) is 7.17. The number of rotatable bonds is 8. The maximum atomic E-state index is 13.2. The van der Waals surface area contributed by atoms with Crippen LogP contribution in [0, 0.1) is 0 Å². The van der Waals surface area contributed by atoms with Gasteiger partial charge in [0.2, 0.25) is 5.95 Å². The Labute approximate surface area is 264 Å². The highest BCUT2D eigenvalue weighted by Crippen LogP contribution is 2.35. The molecule has 1 aliphatic rings. The predicted octanol–water partition coefficient (Wildman–Crippen LogP) is 4.39. The van der Waals surface area contributed by atoms with Crippen molar-refractivity contribution in [2.75, 3.05) is 12.3 Å². The van der Waals surface area contributed by atoms with Crippen molar-refractivity contribution in [2.45, 2.75) is 24.5 Å². The minimum atomic E-state index is -1.46. The lowest BCUT2D eigenvalue weighted by molar-refractivity contribution is -0.0643. The van der Waals surface area contributed by atoms with Crippen LogP contribution in [0.5, 0.6) is 0 Å². The van der Waals surface area contributed by atoms with Crippen LogP contribution >= 0.6 is 34.8 Å². The van der Waals surface area contributed by atoms with E-state index in [-0.39, 0.29) is 22.6 Å². The molecule has 4 atom stereocenters. The molecule has 226 valence electrons. The van der Waals surface area contributed by atoms with Crippen molar-refractivity contribution in [1.82, 2.24) is 14.5 Å². The molecule has 0 saturated carbocycles. The number of nitrogen functional groups attached to an aromatic ring is 1. The van der Waals surface area contributed by atoms with Gasteiger partial charge in [-0.05, 0) is 72.8 Å². The number of halogens is 3. The van der Waals surface area contributed by atoms with Crippen LogP contribution in [-0.4, -0.2) is 57.4 Å². The summed E-state index contributed by atoms with van der Waals surface area (Å²) in [5.74, 6) is -2.73. The SMILES string of the molecule is Nc1ncn([C@@H]2O[C@H](COC(=O)c3ccc(Cl)cc3)[C@@H](OC(=O)c3ccc(Cl)cc3)[C@@H]2OC(=O)c2ccc(Cl)cc2)c(=O)n1. The van der Waals surface area contributed by atoms with Gasteiger partial charge in [0.1, 0.15) is 19.0 Å². The first-order valence-corrected chi connectivity index (χ1v) is 13.9. The monoisotopic (exact) mass is 658 g/mol. The molecule has 0 aliphatic carbocycles. The Balaban J connectivity index is 1.49. The molecule has 1 aliphatic heterocycles. The van der Waals surface area contributed by atoms with E-state index in [0.717, 1.165) is 10.9 Å². The van der Waals surface area contributed by atoms with Crippen LogP contribution in [0.4, 0.5) is 5.95 Å². The summed E-state index contributed by atoms with van der Waals surface area (Å²) in [6, 6.07) is 17.6. The molecule has 0 amide bonds. The van der Waals surface area contributed by atoms with Gasteiger partial charge in [-0.25, -0.2) is 24.2 Å². The molecule has 1 aromatic heterocycles. The van der Waals surface area contributed by atoms with Crippen molar-refractivity contribution in [3.8, 4) is 0 Å². The van der Waals surface area contributed by atoms with Gasteiger partial charge in [0.15, 0.2) is 18.4 Å². The second kappa shape index (κ2) is 13.4. The average Bonchev–Trinajstić information content (AvgIpc) is 3.32. The second-order valence-electron chi connectivity index (χ2n) is 9.33. The summed E-state index contributed by atoms with van der Waals surface area (Å²) in [5, 5.41) is 1.18. The number of nitrogens with two attached hydrogens (primary N) is 1. The van der Waals surface area contributed by atoms with E-state index in [2.05, 4.69) is 9.97 Å². The second-order valence-corrected chi connectivity index (χ2v) is 10.6. The lowest BCUT2D eigenvalue weighted by Crippen LogP contribution is -2.42. The molecule has 3 aromatic carbocycles. The van der Waals surface area contributed by atoms with Crippen molar-refractivity contribution in [3.05, 3.63) is 121 Å². The summed E-state index contributed by atoms with van der Waals surface area (Å²) in [7, 11) is 0. The van der Waals surface area contributed by atoms with Crippen LogP contribution in [0.2, 0.25) is 15.1 Å². The van der Waals surface area contributed by atoms with Gasteiger partial charge in [-0.3, -0.25) is 4.57 Å². The Morgan fingerprint density at radius 3 is 1.68 bits per heavy atom. The van der Waals surface area contributed by atoms with Gasteiger partial charge < -0.3 is 24.7 Å². The van der Waals surface area contributed by atoms with Crippen LogP contribution in [0.15, 0.2) is 83.9 Å². The molecule has 0 unspecified atom stereocenters. The Kier molecular flexibility index (Phi) is 9.45. The molecule has 4 aromatic rings. The largest absolute Gasteiger partial charge is 0.459 e. The zero-order valence-electron chi connectivity index (χ0n) is 22.3. The van der Waals surface area contributed by atoms with Gasteiger partial charge in [0.05, 0.1) is 16.7 Å². The van der Waals surface area contributed by atoms with Crippen LogP contribution in [-0.2, 0) is 18.9 Å². The highest BCUT2D eigenvalue weighted by molar-refractivity contribution is 6.31. The van der Waals surface area contributed by atoms with E-state index in [1.165, 1.54) is 72.8 Å². The van der Waals surface area contributed by atoms with Gasteiger partial charge in [-0.1, -0.05) is 34.8 Å². The van der Waals surface area contributed by atoms with Crippen LogP contribution in [0.3, 0.4) is 0 Å². The molecule has 12 nitrogen and oxygen atoms in total. The van der Waals surface area contributed by atoms with Crippen LogP contribution < -0.4 is 11.4 Å². The number of esters is 3. The third-order valence-electron chi connectivity index (χ3n) is 6.41. The Morgan fingerprint density at radius 1 is 0.750 bits per heavy atom.